The fraction of sp³-hybridized carbons (Fsp3) is 0.190. The molecule has 0 aliphatic carbocycles. The standard InChI is InChI=1S/C21H22N6O5/c1-31-17-11-15(7-8-16(17)32-10-9-14-5-3-2-4-6-14)12-23-25-18(28)13-22-19-20(29)24-21(30)27-26-19/h2-8,11-12H,9-10,13H2,1H3,(H,22,26)(H,25,28)(H2,24,27,29,30)/b23-12+. The van der Waals surface area contributed by atoms with E-state index in [0.29, 0.717) is 23.7 Å². The Hall–Kier alpha value is -4.41. The minimum Gasteiger partial charge on any atom is -0.493 e. The summed E-state index contributed by atoms with van der Waals surface area (Å²) >= 11 is 0. The van der Waals surface area contributed by atoms with Crippen LogP contribution in [-0.4, -0.2) is 47.6 Å². The van der Waals surface area contributed by atoms with E-state index in [-0.39, 0.29) is 12.4 Å². The minimum atomic E-state index is -0.738. The first-order valence-electron chi connectivity index (χ1n) is 9.64. The third-order valence-electron chi connectivity index (χ3n) is 4.21. The highest BCUT2D eigenvalue weighted by molar-refractivity contribution is 5.84. The fourth-order valence-corrected chi connectivity index (χ4v) is 2.66. The Bertz CT molecular complexity index is 1190. The Labute approximate surface area is 182 Å². The van der Waals surface area contributed by atoms with Crippen LogP contribution in [0.5, 0.6) is 11.5 Å². The number of hydrogen-bond acceptors (Lipinski definition) is 8. The van der Waals surface area contributed by atoms with E-state index in [9.17, 15) is 14.4 Å². The van der Waals surface area contributed by atoms with Gasteiger partial charge in [0.05, 0.1) is 26.5 Å². The number of anilines is 1. The monoisotopic (exact) mass is 438 g/mol. The predicted molar refractivity (Wildman–Crippen MR) is 118 cm³/mol. The Morgan fingerprint density at radius 3 is 2.72 bits per heavy atom. The molecular formula is C21H22N6O5. The molecule has 3 rings (SSSR count). The number of carbonyl (C=O) groups excluding carboxylic acids is 1. The molecule has 0 saturated heterocycles. The van der Waals surface area contributed by atoms with Crippen LogP contribution in [0.4, 0.5) is 5.82 Å². The average molecular weight is 438 g/mol. The van der Waals surface area contributed by atoms with Crippen LogP contribution in [0.15, 0.2) is 63.2 Å². The number of hydrogen-bond donors (Lipinski definition) is 4. The van der Waals surface area contributed by atoms with Crippen molar-refractivity contribution in [1.29, 1.82) is 0 Å². The van der Waals surface area contributed by atoms with Crippen LogP contribution in [0.3, 0.4) is 0 Å². The molecule has 1 aromatic heterocycles. The molecule has 0 spiro atoms. The number of hydrazone groups is 1. The molecule has 11 nitrogen and oxygen atoms in total. The zero-order valence-corrected chi connectivity index (χ0v) is 17.3. The lowest BCUT2D eigenvalue weighted by Crippen LogP contribution is -2.31. The highest BCUT2D eigenvalue weighted by Gasteiger charge is 2.07. The predicted octanol–water partition coefficient (Wildman–Crippen LogP) is 0.651. The van der Waals surface area contributed by atoms with Crippen molar-refractivity contribution in [3.05, 3.63) is 80.5 Å². The van der Waals surface area contributed by atoms with Crippen molar-refractivity contribution in [2.24, 2.45) is 5.10 Å². The summed E-state index contributed by atoms with van der Waals surface area (Å²) in [5.41, 5.74) is 2.72. The number of H-pyrrole nitrogens is 2. The lowest BCUT2D eigenvalue weighted by Gasteiger charge is -2.11. The average Bonchev–Trinajstić information content (AvgIpc) is 2.80. The highest BCUT2D eigenvalue weighted by Crippen LogP contribution is 2.27. The molecule has 3 aromatic rings. The van der Waals surface area contributed by atoms with Crippen molar-refractivity contribution < 1.29 is 14.3 Å². The van der Waals surface area contributed by atoms with E-state index in [0.717, 1.165) is 6.42 Å². The van der Waals surface area contributed by atoms with Gasteiger partial charge in [-0.2, -0.15) is 5.10 Å². The van der Waals surface area contributed by atoms with Gasteiger partial charge in [0.15, 0.2) is 11.5 Å². The number of rotatable bonds is 10. The summed E-state index contributed by atoms with van der Waals surface area (Å²) in [6.45, 7) is 0.237. The maximum absolute atomic E-state index is 11.9. The van der Waals surface area contributed by atoms with Crippen LogP contribution in [0.1, 0.15) is 11.1 Å². The Morgan fingerprint density at radius 2 is 1.97 bits per heavy atom. The molecule has 0 saturated carbocycles. The summed E-state index contributed by atoms with van der Waals surface area (Å²) < 4.78 is 11.2. The summed E-state index contributed by atoms with van der Waals surface area (Å²) in [7, 11) is 1.54. The van der Waals surface area contributed by atoms with Crippen molar-refractivity contribution >= 4 is 17.9 Å². The van der Waals surface area contributed by atoms with Gasteiger partial charge in [-0.25, -0.2) is 15.3 Å². The zero-order valence-electron chi connectivity index (χ0n) is 17.3. The molecule has 11 heteroatoms. The van der Waals surface area contributed by atoms with Gasteiger partial charge >= 0.3 is 5.69 Å². The number of aromatic amines is 2. The lowest BCUT2D eigenvalue weighted by atomic mass is 10.2. The van der Waals surface area contributed by atoms with Crippen LogP contribution >= 0.6 is 0 Å². The molecule has 32 heavy (non-hydrogen) atoms. The van der Waals surface area contributed by atoms with E-state index in [1.165, 1.54) is 11.8 Å². The molecule has 0 fully saturated rings. The maximum Gasteiger partial charge on any atom is 0.342 e. The first-order valence-corrected chi connectivity index (χ1v) is 9.64. The molecule has 0 radical (unpaired) electrons. The second kappa shape index (κ2) is 11.1. The number of ether oxygens (including phenoxy) is 2. The number of aromatic nitrogens is 3. The van der Waals surface area contributed by atoms with Crippen LogP contribution < -0.4 is 31.5 Å². The molecule has 0 aliphatic rings. The van der Waals surface area contributed by atoms with Gasteiger partial charge in [0.1, 0.15) is 0 Å². The number of amides is 1. The molecular weight excluding hydrogens is 416 g/mol. The van der Waals surface area contributed by atoms with Crippen LogP contribution in [0.25, 0.3) is 0 Å². The summed E-state index contributed by atoms with van der Waals surface area (Å²) in [5, 5.41) is 11.9. The summed E-state index contributed by atoms with van der Waals surface area (Å²) in [4.78, 5) is 36.3. The molecule has 0 aliphatic heterocycles. The highest BCUT2D eigenvalue weighted by atomic mass is 16.5. The fourth-order valence-electron chi connectivity index (χ4n) is 2.66. The zero-order chi connectivity index (χ0) is 22.8. The summed E-state index contributed by atoms with van der Waals surface area (Å²) in [5.74, 6) is 0.448. The van der Waals surface area contributed by atoms with Gasteiger partial charge in [-0.05, 0) is 29.3 Å². The number of nitrogens with zero attached hydrogens (tertiary/aromatic N) is 2. The Balaban J connectivity index is 1.49. The lowest BCUT2D eigenvalue weighted by molar-refractivity contribution is -0.119. The SMILES string of the molecule is COc1cc(/C=N/NC(=O)CNc2n[nH]c(=O)[nH]c2=O)ccc1OCCc1ccccc1. The Morgan fingerprint density at radius 1 is 1.16 bits per heavy atom. The quantitative estimate of drug-likeness (QED) is 0.268. The molecule has 0 bridgehead atoms. The van der Waals surface area contributed by atoms with E-state index in [4.69, 9.17) is 9.47 Å². The van der Waals surface area contributed by atoms with Gasteiger partial charge < -0.3 is 14.8 Å². The van der Waals surface area contributed by atoms with Gasteiger partial charge in [-0.1, -0.05) is 30.3 Å². The van der Waals surface area contributed by atoms with Crippen molar-refractivity contribution in [2.45, 2.75) is 6.42 Å². The van der Waals surface area contributed by atoms with Crippen molar-refractivity contribution in [3.63, 3.8) is 0 Å². The molecule has 1 amide bonds. The van der Waals surface area contributed by atoms with Gasteiger partial charge in [-0.3, -0.25) is 14.6 Å². The van der Waals surface area contributed by atoms with Crippen molar-refractivity contribution in [2.75, 3.05) is 25.6 Å². The van der Waals surface area contributed by atoms with Crippen LogP contribution in [-0.2, 0) is 11.2 Å². The van der Waals surface area contributed by atoms with Gasteiger partial charge in [0, 0.05) is 6.42 Å². The van der Waals surface area contributed by atoms with E-state index in [1.807, 2.05) is 35.3 Å². The second-order valence-electron chi connectivity index (χ2n) is 6.50. The van der Waals surface area contributed by atoms with Crippen molar-refractivity contribution in [3.8, 4) is 11.5 Å². The summed E-state index contributed by atoms with van der Waals surface area (Å²) in [6, 6.07) is 15.3. The minimum absolute atomic E-state index is 0.184. The molecule has 4 N–H and O–H groups in total. The second-order valence-corrected chi connectivity index (χ2v) is 6.50. The molecule has 2 aromatic carbocycles. The Kier molecular flexibility index (Phi) is 7.73. The van der Waals surface area contributed by atoms with E-state index < -0.39 is 17.2 Å². The van der Waals surface area contributed by atoms with E-state index in [2.05, 4.69) is 26.0 Å². The third-order valence-corrected chi connectivity index (χ3v) is 4.21. The smallest absolute Gasteiger partial charge is 0.342 e. The van der Waals surface area contributed by atoms with Crippen molar-refractivity contribution in [1.82, 2.24) is 20.6 Å². The topological polar surface area (TPSA) is 151 Å². The third kappa shape index (κ3) is 6.55. The molecule has 166 valence electrons. The molecule has 1 heterocycles. The summed E-state index contributed by atoms with van der Waals surface area (Å²) in [6.07, 6.45) is 2.22. The maximum atomic E-state index is 11.9. The van der Waals surface area contributed by atoms with Crippen LogP contribution in [0.2, 0.25) is 0 Å². The molecule has 0 atom stereocenters. The number of methoxy groups -OCH3 is 1. The number of nitrogens with one attached hydrogen (secondary N) is 4. The number of benzene rings is 2. The van der Waals surface area contributed by atoms with Gasteiger partial charge in [0.2, 0.25) is 5.82 Å². The van der Waals surface area contributed by atoms with E-state index >= 15 is 0 Å². The first kappa shape index (κ1) is 22.3. The van der Waals surface area contributed by atoms with Gasteiger partial charge in [-0.15, -0.1) is 5.10 Å². The molecule has 0 unspecified atom stereocenters. The first-order chi connectivity index (χ1) is 15.5. The normalized spacial score (nSPS) is 10.7. The largest absolute Gasteiger partial charge is 0.493 e. The number of carbonyl (C=O) groups is 1. The van der Waals surface area contributed by atoms with Gasteiger partial charge in [0.25, 0.3) is 11.5 Å². The van der Waals surface area contributed by atoms with E-state index in [1.54, 1.807) is 25.3 Å². The van der Waals surface area contributed by atoms with Crippen LogP contribution in [0, 0.1) is 0 Å².